The van der Waals surface area contributed by atoms with E-state index >= 15 is 0 Å². The quantitative estimate of drug-likeness (QED) is 0.612. The van der Waals surface area contributed by atoms with Crippen molar-refractivity contribution in [2.45, 2.75) is 51.0 Å². The molecule has 0 aromatic carbocycles. The van der Waals surface area contributed by atoms with Crippen LogP contribution in [0.5, 0.6) is 0 Å². The average molecular weight is 255 g/mol. The van der Waals surface area contributed by atoms with Crippen molar-refractivity contribution in [1.29, 1.82) is 0 Å². The Kier molecular flexibility index (Phi) is 6.09. The second-order valence-electron chi connectivity index (χ2n) is 5.96. The van der Waals surface area contributed by atoms with Gasteiger partial charge in [-0.15, -0.1) is 0 Å². The molecule has 1 atom stereocenters. The molecule has 0 radical (unpaired) electrons. The Morgan fingerprint density at radius 2 is 2.11 bits per heavy atom. The molecule has 4 heteroatoms. The molecule has 0 saturated heterocycles. The highest BCUT2D eigenvalue weighted by molar-refractivity contribution is 5.84. The van der Waals surface area contributed by atoms with Crippen molar-refractivity contribution in [2.75, 3.05) is 27.2 Å². The number of nitrogens with two attached hydrogens (primary N) is 1. The van der Waals surface area contributed by atoms with E-state index in [9.17, 15) is 4.79 Å². The van der Waals surface area contributed by atoms with E-state index in [1.807, 2.05) is 6.92 Å². The summed E-state index contributed by atoms with van der Waals surface area (Å²) in [6.45, 7) is 4.24. The van der Waals surface area contributed by atoms with Crippen LogP contribution in [0, 0.1) is 5.92 Å². The van der Waals surface area contributed by atoms with Crippen LogP contribution in [0.1, 0.15) is 45.4 Å². The Morgan fingerprint density at radius 1 is 1.44 bits per heavy atom. The second-order valence-corrected chi connectivity index (χ2v) is 5.96. The normalized spacial score (nSPS) is 19.6. The summed E-state index contributed by atoms with van der Waals surface area (Å²) in [5, 5.41) is 3.03. The molecule has 1 aliphatic carbocycles. The average Bonchev–Trinajstić information content (AvgIpc) is 2.29. The lowest BCUT2D eigenvalue weighted by molar-refractivity contribution is -0.123. The summed E-state index contributed by atoms with van der Waals surface area (Å²) in [5.74, 6) is 0.677. The van der Waals surface area contributed by atoms with Crippen LogP contribution >= 0.6 is 0 Å². The summed E-state index contributed by atoms with van der Waals surface area (Å²) < 4.78 is 0. The number of carbonyl (C=O) groups excluding carboxylic acids is 1. The zero-order chi connectivity index (χ0) is 13.6. The summed E-state index contributed by atoms with van der Waals surface area (Å²) in [7, 11) is 4.00. The highest BCUT2D eigenvalue weighted by Crippen LogP contribution is 2.26. The first kappa shape index (κ1) is 15.4. The number of hydrogen-bond donors (Lipinski definition) is 2. The number of nitrogens with zero attached hydrogens (tertiary/aromatic N) is 1. The molecular weight excluding hydrogens is 226 g/mol. The first-order valence-corrected chi connectivity index (χ1v) is 7.15. The smallest absolute Gasteiger partial charge is 0.237 e. The van der Waals surface area contributed by atoms with E-state index in [2.05, 4.69) is 17.3 Å². The monoisotopic (exact) mass is 255 g/mol. The summed E-state index contributed by atoms with van der Waals surface area (Å²) in [6.07, 6.45) is 7.21. The maximum absolute atomic E-state index is 11.3. The van der Waals surface area contributed by atoms with E-state index in [-0.39, 0.29) is 5.91 Å². The van der Waals surface area contributed by atoms with Crippen LogP contribution in [0.3, 0.4) is 0 Å². The van der Waals surface area contributed by atoms with Crippen LogP contribution in [-0.4, -0.2) is 43.5 Å². The zero-order valence-electron chi connectivity index (χ0n) is 12.2. The molecular formula is C14H29N3O. The van der Waals surface area contributed by atoms with E-state index in [1.54, 1.807) is 7.05 Å². The fourth-order valence-corrected chi connectivity index (χ4v) is 2.44. The lowest BCUT2D eigenvalue weighted by Gasteiger charge is -2.30. The maximum Gasteiger partial charge on any atom is 0.237 e. The van der Waals surface area contributed by atoms with Gasteiger partial charge in [-0.3, -0.25) is 4.79 Å². The molecule has 18 heavy (non-hydrogen) atoms. The molecule has 1 fully saturated rings. The molecule has 3 N–H and O–H groups in total. The van der Waals surface area contributed by atoms with Gasteiger partial charge in [0.15, 0.2) is 0 Å². The first-order valence-electron chi connectivity index (χ1n) is 7.15. The lowest BCUT2D eigenvalue weighted by Crippen LogP contribution is -2.51. The number of primary amides is 1. The molecule has 0 heterocycles. The fraction of sp³-hybridized carbons (Fsp3) is 0.929. The predicted molar refractivity (Wildman–Crippen MR) is 75.3 cm³/mol. The summed E-state index contributed by atoms with van der Waals surface area (Å²) in [6, 6.07) is 0. The fourth-order valence-electron chi connectivity index (χ4n) is 2.44. The minimum atomic E-state index is -0.549. The summed E-state index contributed by atoms with van der Waals surface area (Å²) in [5.41, 5.74) is 4.85. The summed E-state index contributed by atoms with van der Waals surface area (Å²) >= 11 is 0. The third kappa shape index (κ3) is 4.58. The SMILES string of the molecule is CNC(C)(CCCCN(C)CC1CCC1)C(N)=O. The molecule has 106 valence electrons. The number of nitrogens with one attached hydrogen (secondary N) is 1. The minimum Gasteiger partial charge on any atom is -0.368 e. The van der Waals surface area contributed by atoms with Gasteiger partial charge in [0.1, 0.15) is 0 Å². The number of amides is 1. The van der Waals surface area contributed by atoms with Crippen molar-refractivity contribution in [1.82, 2.24) is 10.2 Å². The van der Waals surface area contributed by atoms with Crippen LogP contribution in [0.15, 0.2) is 0 Å². The van der Waals surface area contributed by atoms with Gasteiger partial charge in [0, 0.05) is 6.54 Å². The van der Waals surface area contributed by atoms with E-state index in [0.717, 1.165) is 31.7 Å². The molecule has 0 aromatic heterocycles. The van der Waals surface area contributed by atoms with E-state index in [4.69, 9.17) is 5.73 Å². The van der Waals surface area contributed by atoms with Gasteiger partial charge < -0.3 is 16.0 Å². The third-order valence-corrected chi connectivity index (χ3v) is 4.36. The topological polar surface area (TPSA) is 58.4 Å². The molecule has 0 bridgehead atoms. The Balaban J connectivity index is 2.11. The van der Waals surface area contributed by atoms with Gasteiger partial charge >= 0.3 is 0 Å². The standard InChI is InChI=1S/C14H29N3O/c1-14(16-2,13(15)18)9-4-5-10-17(3)11-12-7-6-8-12/h12,16H,4-11H2,1-3H3,(H2,15,18). The summed E-state index contributed by atoms with van der Waals surface area (Å²) in [4.78, 5) is 13.7. The molecule has 1 rings (SSSR count). The largest absolute Gasteiger partial charge is 0.368 e. The Bertz CT molecular complexity index is 266. The van der Waals surface area contributed by atoms with Crippen molar-refractivity contribution in [3.63, 3.8) is 0 Å². The van der Waals surface area contributed by atoms with E-state index < -0.39 is 5.54 Å². The van der Waals surface area contributed by atoms with Crippen molar-refractivity contribution < 1.29 is 4.79 Å². The molecule has 1 saturated carbocycles. The van der Waals surface area contributed by atoms with Crippen LogP contribution < -0.4 is 11.1 Å². The van der Waals surface area contributed by atoms with Crippen molar-refractivity contribution >= 4 is 5.91 Å². The highest BCUT2D eigenvalue weighted by Gasteiger charge is 2.28. The van der Waals surface area contributed by atoms with Crippen LogP contribution in [0.25, 0.3) is 0 Å². The van der Waals surface area contributed by atoms with Gasteiger partial charge in [-0.1, -0.05) is 6.42 Å². The minimum absolute atomic E-state index is 0.257. The predicted octanol–water partition coefficient (Wildman–Crippen LogP) is 1.35. The third-order valence-electron chi connectivity index (χ3n) is 4.36. The Morgan fingerprint density at radius 3 is 2.56 bits per heavy atom. The van der Waals surface area contributed by atoms with E-state index in [1.165, 1.54) is 25.8 Å². The molecule has 1 aliphatic rings. The molecule has 1 amide bonds. The number of likely N-dealkylation sites (N-methyl/N-ethyl adjacent to an activating group) is 1. The van der Waals surface area contributed by atoms with Gasteiger partial charge in [0.05, 0.1) is 5.54 Å². The van der Waals surface area contributed by atoms with Crippen LogP contribution in [-0.2, 0) is 4.79 Å². The van der Waals surface area contributed by atoms with Gasteiger partial charge in [-0.25, -0.2) is 0 Å². The molecule has 0 spiro atoms. The van der Waals surface area contributed by atoms with Crippen molar-refractivity contribution in [3.05, 3.63) is 0 Å². The first-order chi connectivity index (χ1) is 8.48. The second kappa shape index (κ2) is 7.10. The van der Waals surface area contributed by atoms with Gasteiger partial charge in [0.25, 0.3) is 0 Å². The maximum atomic E-state index is 11.3. The number of unbranched alkanes of at least 4 members (excludes halogenated alkanes) is 1. The molecule has 0 aliphatic heterocycles. The highest BCUT2D eigenvalue weighted by atomic mass is 16.1. The van der Waals surface area contributed by atoms with Gasteiger partial charge in [-0.2, -0.15) is 0 Å². The van der Waals surface area contributed by atoms with E-state index in [0.29, 0.717) is 0 Å². The van der Waals surface area contributed by atoms with Gasteiger partial charge in [-0.05, 0) is 65.6 Å². The Labute approximate surface area is 111 Å². The molecule has 4 nitrogen and oxygen atoms in total. The molecule has 0 aromatic rings. The number of rotatable bonds is 9. The van der Waals surface area contributed by atoms with Crippen molar-refractivity contribution in [3.8, 4) is 0 Å². The number of carbonyl (C=O) groups is 1. The lowest BCUT2D eigenvalue weighted by atomic mass is 9.85. The zero-order valence-corrected chi connectivity index (χ0v) is 12.2. The number of hydrogen-bond acceptors (Lipinski definition) is 3. The van der Waals surface area contributed by atoms with Crippen LogP contribution in [0.4, 0.5) is 0 Å². The van der Waals surface area contributed by atoms with Gasteiger partial charge in [0.2, 0.25) is 5.91 Å². The van der Waals surface area contributed by atoms with Crippen LogP contribution in [0.2, 0.25) is 0 Å². The van der Waals surface area contributed by atoms with Crippen molar-refractivity contribution in [2.24, 2.45) is 11.7 Å². The Hall–Kier alpha value is -0.610. The molecule has 1 unspecified atom stereocenters.